The van der Waals surface area contributed by atoms with E-state index in [1.807, 2.05) is 36.6 Å². The van der Waals surface area contributed by atoms with Crippen molar-refractivity contribution in [2.45, 2.75) is 16.8 Å². The first-order valence-electron chi connectivity index (χ1n) is 6.89. The molecule has 2 aromatic heterocycles. The molecule has 3 aromatic rings. The zero-order valence-electron chi connectivity index (χ0n) is 12.1. The zero-order valence-corrected chi connectivity index (χ0v) is 13.7. The summed E-state index contributed by atoms with van der Waals surface area (Å²) >= 11 is 3.18. The third-order valence-electron chi connectivity index (χ3n) is 3.28. The smallest absolute Gasteiger partial charge is 0.176 e. The predicted octanol–water partition coefficient (Wildman–Crippen LogP) is 3.34. The second kappa shape index (κ2) is 7.04. The van der Waals surface area contributed by atoms with E-state index < -0.39 is 0 Å². The largest absolute Gasteiger partial charge is 0.396 e. The Labute approximate surface area is 136 Å². The number of aromatic nitrogens is 3. The van der Waals surface area contributed by atoms with E-state index in [1.54, 1.807) is 23.1 Å². The van der Waals surface area contributed by atoms with Crippen molar-refractivity contribution < 1.29 is 5.11 Å². The van der Waals surface area contributed by atoms with Crippen LogP contribution in [0.3, 0.4) is 0 Å². The fraction of sp³-hybridized carbons (Fsp3) is 0.267. The summed E-state index contributed by atoms with van der Waals surface area (Å²) in [5.74, 6) is 0.769. The molecule has 0 aliphatic carbocycles. The van der Waals surface area contributed by atoms with Gasteiger partial charge in [0.25, 0.3) is 0 Å². The van der Waals surface area contributed by atoms with Gasteiger partial charge in [-0.1, -0.05) is 42.1 Å². The Morgan fingerprint density at radius 3 is 2.82 bits per heavy atom. The number of rotatable bonds is 6. The number of thiazole rings is 1. The van der Waals surface area contributed by atoms with Gasteiger partial charge in [0.1, 0.15) is 16.8 Å². The van der Waals surface area contributed by atoms with Crippen molar-refractivity contribution in [2.75, 3.05) is 18.2 Å². The molecule has 22 heavy (non-hydrogen) atoms. The lowest BCUT2D eigenvalue weighted by Gasteiger charge is -2.18. The molecule has 114 valence electrons. The second-order valence-electron chi connectivity index (χ2n) is 4.68. The molecule has 0 spiro atoms. The highest BCUT2D eigenvalue weighted by Gasteiger charge is 2.15. The summed E-state index contributed by atoms with van der Waals surface area (Å²) in [5.41, 5.74) is 1.83. The van der Waals surface area contributed by atoms with Crippen LogP contribution in [-0.2, 0) is 0 Å². The van der Waals surface area contributed by atoms with Gasteiger partial charge in [-0.05, 0) is 18.2 Å². The maximum atomic E-state index is 9.35. The molecule has 0 fully saturated rings. The summed E-state index contributed by atoms with van der Waals surface area (Å²) in [4.78, 5) is 13.0. The van der Waals surface area contributed by atoms with E-state index in [1.165, 1.54) is 6.33 Å². The lowest BCUT2D eigenvalue weighted by Crippen LogP contribution is -2.13. The topological polar surface area (TPSA) is 70.9 Å². The van der Waals surface area contributed by atoms with Gasteiger partial charge in [0.2, 0.25) is 0 Å². The standard InChI is InChI=1S/C15H16N4OS2/c1-21-15-19-14-12(22-15)13(16-9-17-14)18-11(7-8-20)10-5-3-2-4-6-10/h2-6,9,11,20H,7-8H2,1H3,(H,16,17,18)/t11-/m0/s1. The number of benzene rings is 1. The van der Waals surface area contributed by atoms with Crippen LogP contribution in [0.5, 0.6) is 0 Å². The Morgan fingerprint density at radius 1 is 1.27 bits per heavy atom. The Morgan fingerprint density at radius 2 is 2.09 bits per heavy atom. The van der Waals surface area contributed by atoms with Gasteiger partial charge in [0, 0.05) is 6.61 Å². The molecular weight excluding hydrogens is 316 g/mol. The molecule has 1 atom stereocenters. The van der Waals surface area contributed by atoms with Gasteiger partial charge < -0.3 is 10.4 Å². The van der Waals surface area contributed by atoms with Crippen molar-refractivity contribution in [1.82, 2.24) is 15.0 Å². The molecule has 0 saturated carbocycles. The van der Waals surface area contributed by atoms with Crippen LogP contribution >= 0.6 is 23.1 Å². The van der Waals surface area contributed by atoms with Crippen LogP contribution in [0, 0.1) is 0 Å². The van der Waals surface area contributed by atoms with Gasteiger partial charge in [0.15, 0.2) is 9.99 Å². The first-order chi connectivity index (χ1) is 10.8. The molecule has 0 bridgehead atoms. The number of nitrogens with zero attached hydrogens (tertiary/aromatic N) is 3. The second-order valence-corrected chi connectivity index (χ2v) is 6.73. The number of thioether (sulfide) groups is 1. The Kier molecular flexibility index (Phi) is 4.87. The summed E-state index contributed by atoms with van der Waals surface area (Å²) in [6.45, 7) is 0.111. The first kappa shape index (κ1) is 15.2. The van der Waals surface area contributed by atoms with Crippen LogP contribution in [0.2, 0.25) is 0 Å². The van der Waals surface area contributed by atoms with Crippen molar-refractivity contribution in [1.29, 1.82) is 0 Å². The lowest BCUT2D eigenvalue weighted by molar-refractivity contribution is 0.280. The molecule has 1 aromatic carbocycles. The van der Waals surface area contributed by atoms with E-state index in [9.17, 15) is 5.11 Å². The predicted molar refractivity (Wildman–Crippen MR) is 91.5 cm³/mol. The molecule has 0 aliphatic heterocycles. The quantitative estimate of drug-likeness (QED) is 0.675. The van der Waals surface area contributed by atoms with Crippen molar-refractivity contribution in [2.24, 2.45) is 0 Å². The molecular formula is C15H16N4OS2. The number of fused-ring (bicyclic) bond motifs is 1. The SMILES string of the molecule is CSc1nc2ncnc(N[C@@H](CCO)c3ccccc3)c2s1. The molecule has 2 heterocycles. The molecule has 7 heteroatoms. The normalized spacial score (nSPS) is 12.5. The van der Waals surface area contributed by atoms with Crippen LogP contribution in [0.4, 0.5) is 5.82 Å². The monoisotopic (exact) mass is 332 g/mol. The lowest BCUT2D eigenvalue weighted by atomic mass is 10.0. The van der Waals surface area contributed by atoms with Gasteiger partial charge in [-0.25, -0.2) is 15.0 Å². The van der Waals surface area contributed by atoms with Crippen LogP contribution in [-0.4, -0.2) is 32.9 Å². The third-order valence-corrected chi connectivity index (χ3v) is 5.31. The van der Waals surface area contributed by atoms with Gasteiger partial charge >= 0.3 is 0 Å². The number of aliphatic hydroxyl groups is 1. The highest BCUT2D eigenvalue weighted by molar-refractivity contribution is 8.00. The molecule has 0 aliphatic rings. The Balaban J connectivity index is 1.94. The van der Waals surface area contributed by atoms with Gasteiger partial charge in [-0.3, -0.25) is 0 Å². The van der Waals surface area contributed by atoms with Crippen molar-refractivity contribution >= 4 is 39.3 Å². The zero-order chi connectivity index (χ0) is 15.4. The van der Waals surface area contributed by atoms with Gasteiger partial charge in [-0.2, -0.15) is 0 Å². The molecule has 0 unspecified atom stereocenters. The van der Waals surface area contributed by atoms with Crippen molar-refractivity contribution in [3.63, 3.8) is 0 Å². The van der Waals surface area contributed by atoms with Gasteiger partial charge in [-0.15, -0.1) is 11.3 Å². The van der Waals surface area contributed by atoms with Crippen molar-refractivity contribution in [3.8, 4) is 0 Å². The first-order valence-corrected chi connectivity index (χ1v) is 8.94. The summed E-state index contributed by atoms with van der Waals surface area (Å²) in [6.07, 6.45) is 4.13. The minimum atomic E-state index is 0.00382. The van der Waals surface area contributed by atoms with E-state index in [4.69, 9.17) is 0 Å². The number of hydrogen-bond acceptors (Lipinski definition) is 7. The van der Waals surface area contributed by atoms with E-state index in [0.717, 1.165) is 20.4 Å². The van der Waals surface area contributed by atoms with Crippen LogP contribution in [0.25, 0.3) is 10.3 Å². The molecule has 0 saturated heterocycles. The van der Waals surface area contributed by atoms with E-state index >= 15 is 0 Å². The summed E-state index contributed by atoms with van der Waals surface area (Å²) in [7, 11) is 0. The number of nitrogens with one attached hydrogen (secondary N) is 1. The summed E-state index contributed by atoms with van der Waals surface area (Å²) in [6, 6.07) is 10.1. The maximum absolute atomic E-state index is 9.35. The summed E-state index contributed by atoms with van der Waals surface area (Å²) < 4.78 is 1.92. The Bertz CT molecular complexity index is 748. The number of hydrogen-bond donors (Lipinski definition) is 2. The minimum absolute atomic E-state index is 0.00382. The average Bonchev–Trinajstić information content (AvgIpc) is 2.99. The van der Waals surface area contributed by atoms with E-state index in [2.05, 4.69) is 20.3 Å². The molecule has 3 rings (SSSR count). The summed E-state index contributed by atoms with van der Waals surface area (Å²) in [5, 5.41) is 12.8. The van der Waals surface area contributed by atoms with Crippen molar-refractivity contribution in [3.05, 3.63) is 42.2 Å². The highest BCUT2D eigenvalue weighted by Crippen LogP contribution is 2.33. The fourth-order valence-corrected chi connectivity index (χ4v) is 3.69. The third kappa shape index (κ3) is 3.21. The van der Waals surface area contributed by atoms with Crippen LogP contribution < -0.4 is 5.32 Å². The average molecular weight is 332 g/mol. The molecule has 2 N–H and O–H groups in total. The fourth-order valence-electron chi connectivity index (χ4n) is 2.23. The van der Waals surface area contributed by atoms with E-state index in [-0.39, 0.29) is 12.6 Å². The molecule has 0 amide bonds. The van der Waals surface area contributed by atoms with Crippen LogP contribution in [0.15, 0.2) is 41.0 Å². The highest BCUT2D eigenvalue weighted by atomic mass is 32.2. The molecule has 5 nitrogen and oxygen atoms in total. The molecule has 0 radical (unpaired) electrons. The number of aliphatic hydroxyl groups excluding tert-OH is 1. The number of anilines is 1. The maximum Gasteiger partial charge on any atom is 0.176 e. The Hall–Kier alpha value is -1.70. The van der Waals surface area contributed by atoms with Crippen LogP contribution in [0.1, 0.15) is 18.0 Å². The van der Waals surface area contributed by atoms with Gasteiger partial charge in [0.05, 0.1) is 6.04 Å². The van der Waals surface area contributed by atoms with E-state index in [0.29, 0.717) is 12.1 Å². The minimum Gasteiger partial charge on any atom is -0.396 e.